The number of hydrogen-bond acceptors (Lipinski definition) is 1. The van der Waals surface area contributed by atoms with Gasteiger partial charge in [-0.2, -0.15) is 0 Å². The summed E-state index contributed by atoms with van der Waals surface area (Å²) in [5.74, 6) is 0. The minimum Gasteiger partial charge on any atom is -0.346 e. The van der Waals surface area contributed by atoms with Crippen LogP contribution in [0.25, 0.3) is 6.08 Å². The van der Waals surface area contributed by atoms with Crippen LogP contribution in [0.1, 0.15) is 5.56 Å². The van der Waals surface area contributed by atoms with Gasteiger partial charge in [-0.05, 0) is 23.1 Å². The van der Waals surface area contributed by atoms with E-state index >= 15 is 0 Å². The van der Waals surface area contributed by atoms with Crippen molar-refractivity contribution in [2.45, 2.75) is 4.90 Å². The fourth-order valence-electron chi connectivity index (χ4n) is 1.07. The topological polar surface area (TPSA) is 20.2 Å². The van der Waals surface area contributed by atoms with Gasteiger partial charge < -0.3 is 4.55 Å². The molecule has 2 heteroatoms. The number of hydrogen-bond donors (Lipinski definition) is 2. The molecular weight excluding hydrogens is 144 g/mol. The number of thiol groups is 1. The lowest BCUT2D eigenvalue weighted by Gasteiger charge is -2.04. The SMILES string of the molecule is O[SH]1C=Cc2ccccc21. The van der Waals surface area contributed by atoms with Crippen LogP contribution in [0.4, 0.5) is 0 Å². The van der Waals surface area contributed by atoms with E-state index in [1.807, 2.05) is 35.7 Å². The van der Waals surface area contributed by atoms with E-state index in [2.05, 4.69) is 0 Å². The van der Waals surface area contributed by atoms with E-state index in [9.17, 15) is 4.55 Å². The monoisotopic (exact) mass is 152 g/mol. The fourth-order valence-corrected chi connectivity index (χ4v) is 2.18. The first-order chi connectivity index (χ1) is 4.88. The zero-order chi connectivity index (χ0) is 6.97. The number of rotatable bonds is 0. The third-order valence-corrected chi connectivity index (χ3v) is 2.91. The van der Waals surface area contributed by atoms with E-state index in [0.29, 0.717) is 0 Å². The third kappa shape index (κ3) is 0.770. The Balaban J connectivity index is 2.59. The van der Waals surface area contributed by atoms with E-state index < -0.39 is 11.2 Å². The molecule has 10 heavy (non-hydrogen) atoms. The molecule has 0 saturated heterocycles. The summed E-state index contributed by atoms with van der Waals surface area (Å²) in [6.45, 7) is 0. The van der Waals surface area contributed by atoms with E-state index in [1.165, 1.54) is 0 Å². The van der Waals surface area contributed by atoms with Gasteiger partial charge in [0.2, 0.25) is 0 Å². The first-order valence-electron chi connectivity index (χ1n) is 3.13. The van der Waals surface area contributed by atoms with Crippen LogP contribution in [-0.4, -0.2) is 4.55 Å². The summed E-state index contributed by atoms with van der Waals surface area (Å²) < 4.78 is 9.36. The summed E-state index contributed by atoms with van der Waals surface area (Å²) in [6, 6.07) is 7.93. The van der Waals surface area contributed by atoms with Crippen LogP contribution < -0.4 is 0 Å². The molecule has 0 saturated carbocycles. The Morgan fingerprint density at radius 1 is 1.20 bits per heavy atom. The molecule has 1 aliphatic heterocycles. The minimum atomic E-state index is -0.961. The first-order valence-corrected chi connectivity index (χ1v) is 4.49. The Bertz CT molecular complexity index is 280. The van der Waals surface area contributed by atoms with Gasteiger partial charge in [-0.1, -0.05) is 18.2 Å². The maximum atomic E-state index is 9.36. The van der Waals surface area contributed by atoms with Crippen LogP contribution in [0, 0.1) is 0 Å². The quantitative estimate of drug-likeness (QED) is 0.547. The smallest absolute Gasteiger partial charge is 0.0208 e. The number of benzene rings is 1. The van der Waals surface area contributed by atoms with Gasteiger partial charge in [0.1, 0.15) is 0 Å². The first kappa shape index (κ1) is 6.01. The predicted octanol–water partition coefficient (Wildman–Crippen LogP) is 2.50. The number of fused-ring (bicyclic) bond motifs is 1. The highest BCUT2D eigenvalue weighted by Gasteiger charge is 2.08. The molecule has 1 atom stereocenters. The van der Waals surface area contributed by atoms with E-state index in [4.69, 9.17) is 0 Å². The molecule has 0 spiro atoms. The minimum absolute atomic E-state index is 0.961. The van der Waals surface area contributed by atoms with Gasteiger partial charge in [-0.25, -0.2) is 0 Å². The molecule has 2 rings (SSSR count). The van der Waals surface area contributed by atoms with Crippen LogP contribution in [-0.2, 0) is 0 Å². The van der Waals surface area contributed by atoms with Crippen molar-refractivity contribution in [3.8, 4) is 0 Å². The highest BCUT2D eigenvalue weighted by molar-refractivity contribution is 8.15. The van der Waals surface area contributed by atoms with Crippen molar-refractivity contribution in [2.24, 2.45) is 0 Å². The summed E-state index contributed by atoms with van der Waals surface area (Å²) in [6.07, 6.45) is 1.97. The van der Waals surface area contributed by atoms with Crippen molar-refractivity contribution in [1.82, 2.24) is 0 Å². The Hall–Kier alpha value is -0.730. The normalized spacial score (nSPS) is 24.7. The molecule has 52 valence electrons. The molecule has 1 N–H and O–H groups in total. The summed E-state index contributed by atoms with van der Waals surface area (Å²) in [5.41, 5.74) is 1.16. The second-order valence-electron chi connectivity index (χ2n) is 2.22. The van der Waals surface area contributed by atoms with Crippen molar-refractivity contribution >= 4 is 17.3 Å². The maximum absolute atomic E-state index is 9.36. The van der Waals surface area contributed by atoms with Gasteiger partial charge >= 0.3 is 0 Å². The molecule has 0 bridgehead atoms. The van der Waals surface area contributed by atoms with Gasteiger partial charge in [0.15, 0.2) is 0 Å². The molecule has 0 radical (unpaired) electrons. The second kappa shape index (κ2) is 2.15. The van der Waals surface area contributed by atoms with Crippen LogP contribution in [0.3, 0.4) is 0 Å². The molecule has 1 heterocycles. The Labute approximate surface area is 62.6 Å². The largest absolute Gasteiger partial charge is 0.346 e. The lowest BCUT2D eigenvalue weighted by molar-refractivity contribution is 0.655. The molecule has 1 nitrogen and oxygen atoms in total. The lowest BCUT2D eigenvalue weighted by atomic mass is 10.2. The standard InChI is InChI=1S/C8H8OS/c9-10-6-5-7-3-1-2-4-8(7)10/h1-6,9-10H. The molecule has 0 amide bonds. The van der Waals surface area contributed by atoms with Crippen molar-refractivity contribution in [1.29, 1.82) is 0 Å². The Kier molecular flexibility index (Phi) is 1.29. The molecular formula is C8H8OS. The van der Waals surface area contributed by atoms with E-state index in [0.717, 1.165) is 10.5 Å². The Morgan fingerprint density at radius 2 is 2.00 bits per heavy atom. The van der Waals surface area contributed by atoms with Gasteiger partial charge in [0, 0.05) is 4.90 Å². The summed E-state index contributed by atoms with van der Waals surface area (Å²) >= 11 is -0.961. The molecule has 0 aromatic heterocycles. The highest BCUT2D eigenvalue weighted by atomic mass is 32.2. The van der Waals surface area contributed by atoms with Crippen molar-refractivity contribution < 1.29 is 4.55 Å². The van der Waals surface area contributed by atoms with Crippen LogP contribution in [0.15, 0.2) is 34.6 Å². The highest BCUT2D eigenvalue weighted by Crippen LogP contribution is 2.42. The zero-order valence-electron chi connectivity index (χ0n) is 5.36. The zero-order valence-corrected chi connectivity index (χ0v) is 6.25. The van der Waals surface area contributed by atoms with Crippen molar-refractivity contribution in [3.63, 3.8) is 0 Å². The second-order valence-corrected chi connectivity index (χ2v) is 3.69. The molecule has 0 aliphatic carbocycles. The summed E-state index contributed by atoms with van der Waals surface area (Å²) in [7, 11) is 0. The van der Waals surface area contributed by atoms with Gasteiger partial charge in [0.05, 0.1) is 0 Å². The van der Waals surface area contributed by atoms with E-state index in [1.54, 1.807) is 0 Å². The van der Waals surface area contributed by atoms with Crippen LogP contribution in [0.2, 0.25) is 0 Å². The summed E-state index contributed by atoms with van der Waals surface area (Å²) in [5, 5.41) is 1.86. The van der Waals surface area contributed by atoms with Crippen molar-refractivity contribution in [3.05, 3.63) is 35.2 Å². The van der Waals surface area contributed by atoms with Gasteiger partial charge in [-0.15, -0.1) is 11.2 Å². The average Bonchev–Trinajstić information content (AvgIpc) is 2.34. The van der Waals surface area contributed by atoms with Crippen LogP contribution in [0.5, 0.6) is 0 Å². The average molecular weight is 152 g/mol. The fraction of sp³-hybridized carbons (Fsp3) is 0. The lowest BCUT2D eigenvalue weighted by Crippen LogP contribution is -1.75. The molecule has 1 aromatic rings. The molecule has 1 aliphatic rings. The van der Waals surface area contributed by atoms with E-state index in [-0.39, 0.29) is 0 Å². The molecule has 0 fully saturated rings. The van der Waals surface area contributed by atoms with Gasteiger partial charge in [0.25, 0.3) is 0 Å². The molecule has 1 unspecified atom stereocenters. The van der Waals surface area contributed by atoms with Crippen molar-refractivity contribution in [2.75, 3.05) is 0 Å². The predicted molar refractivity (Wildman–Crippen MR) is 45.4 cm³/mol. The summed E-state index contributed by atoms with van der Waals surface area (Å²) in [4.78, 5) is 1.08. The van der Waals surface area contributed by atoms with Crippen LogP contribution >= 0.6 is 11.2 Å². The molecule has 1 aromatic carbocycles. The Morgan fingerprint density at radius 3 is 2.80 bits per heavy atom. The van der Waals surface area contributed by atoms with Gasteiger partial charge in [-0.3, -0.25) is 0 Å². The maximum Gasteiger partial charge on any atom is 0.0208 e. The third-order valence-electron chi connectivity index (χ3n) is 1.58.